The molecule has 28 heavy (non-hydrogen) atoms. The highest BCUT2D eigenvalue weighted by atomic mass is 16.5. The predicted octanol–water partition coefficient (Wildman–Crippen LogP) is 3.14. The van der Waals surface area contributed by atoms with Crippen molar-refractivity contribution in [3.05, 3.63) is 47.3 Å². The molecule has 0 radical (unpaired) electrons. The monoisotopic (exact) mass is 383 g/mol. The summed E-state index contributed by atoms with van der Waals surface area (Å²) in [5, 5.41) is 5.84. The third-order valence-corrected chi connectivity index (χ3v) is 5.42. The highest BCUT2D eigenvalue weighted by Crippen LogP contribution is 2.25. The van der Waals surface area contributed by atoms with Crippen molar-refractivity contribution in [2.24, 2.45) is 5.92 Å². The molecule has 0 atom stereocenters. The molecule has 6 heteroatoms. The van der Waals surface area contributed by atoms with E-state index in [4.69, 9.17) is 4.74 Å². The molecule has 0 unspecified atom stereocenters. The van der Waals surface area contributed by atoms with Crippen LogP contribution in [0.1, 0.15) is 47.4 Å². The number of ether oxygens (including phenoxy) is 1. The zero-order valence-corrected chi connectivity index (χ0v) is 16.9. The fourth-order valence-electron chi connectivity index (χ4n) is 3.93. The average molecular weight is 383 g/mol. The van der Waals surface area contributed by atoms with E-state index in [2.05, 4.69) is 10.6 Å². The molecule has 2 N–H and O–H groups in total. The van der Waals surface area contributed by atoms with Crippen LogP contribution in [0.25, 0.3) is 5.69 Å². The largest absolute Gasteiger partial charge is 0.497 e. The molecule has 2 amide bonds. The number of carbonyl (C=O) groups is 2. The van der Waals surface area contributed by atoms with E-state index in [1.807, 2.05) is 48.7 Å². The van der Waals surface area contributed by atoms with Crippen LogP contribution >= 0.6 is 0 Å². The molecular formula is C22H29N3O3. The Hall–Kier alpha value is -2.76. The van der Waals surface area contributed by atoms with Crippen molar-refractivity contribution in [3.63, 3.8) is 0 Å². The number of aromatic nitrogens is 1. The van der Waals surface area contributed by atoms with Gasteiger partial charge in [0.1, 0.15) is 5.75 Å². The van der Waals surface area contributed by atoms with Crippen molar-refractivity contribution in [2.45, 2.75) is 39.5 Å². The summed E-state index contributed by atoms with van der Waals surface area (Å²) in [6, 6.07) is 9.65. The molecule has 6 nitrogen and oxygen atoms in total. The van der Waals surface area contributed by atoms with Crippen LogP contribution in [-0.2, 0) is 4.79 Å². The van der Waals surface area contributed by atoms with Crippen LogP contribution in [0.15, 0.2) is 30.3 Å². The van der Waals surface area contributed by atoms with Gasteiger partial charge in [-0.1, -0.05) is 18.9 Å². The van der Waals surface area contributed by atoms with Crippen LogP contribution in [0.4, 0.5) is 0 Å². The van der Waals surface area contributed by atoms with Crippen LogP contribution in [0.2, 0.25) is 0 Å². The van der Waals surface area contributed by atoms with E-state index in [9.17, 15) is 9.59 Å². The lowest BCUT2D eigenvalue weighted by Gasteiger charge is -2.12. The van der Waals surface area contributed by atoms with Gasteiger partial charge in [-0.15, -0.1) is 0 Å². The van der Waals surface area contributed by atoms with E-state index in [0.717, 1.165) is 48.5 Å². The number of rotatable bonds is 7. The van der Waals surface area contributed by atoms with Gasteiger partial charge < -0.3 is 19.9 Å². The number of benzene rings is 1. The zero-order valence-electron chi connectivity index (χ0n) is 16.9. The minimum Gasteiger partial charge on any atom is -0.497 e. The fraction of sp³-hybridized carbons (Fsp3) is 0.455. The Morgan fingerprint density at radius 2 is 1.82 bits per heavy atom. The summed E-state index contributed by atoms with van der Waals surface area (Å²) >= 11 is 0. The van der Waals surface area contributed by atoms with Crippen LogP contribution in [0.3, 0.4) is 0 Å². The third-order valence-electron chi connectivity index (χ3n) is 5.42. The number of methoxy groups -OCH3 is 1. The maximum Gasteiger partial charge on any atom is 0.253 e. The summed E-state index contributed by atoms with van der Waals surface area (Å²) in [7, 11) is 1.64. The second-order valence-corrected chi connectivity index (χ2v) is 7.35. The molecule has 0 spiro atoms. The van der Waals surface area contributed by atoms with Gasteiger partial charge in [-0.05, 0) is 44.9 Å². The van der Waals surface area contributed by atoms with Gasteiger partial charge in [-0.25, -0.2) is 0 Å². The van der Waals surface area contributed by atoms with Crippen LogP contribution < -0.4 is 15.4 Å². The first-order chi connectivity index (χ1) is 13.5. The molecule has 1 aromatic heterocycles. The number of nitrogens with zero attached hydrogens (tertiary/aromatic N) is 1. The lowest BCUT2D eigenvalue weighted by molar-refractivity contribution is -0.124. The Bertz CT molecular complexity index is 851. The second-order valence-electron chi connectivity index (χ2n) is 7.35. The predicted molar refractivity (Wildman–Crippen MR) is 109 cm³/mol. The molecule has 1 aromatic carbocycles. The second kappa shape index (κ2) is 8.95. The lowest BCUT2D eigenvalue weighted by Crippen LogP contribution is -2.37. The van der Waals surface area contributed by atoms with Gasteiger partial charge in [0.05, 0.1) is 12.7 Å². The Labute approximate surface area is 166 Å². The number of carbonyl (C=O) groups excluding carboxylic acids is 2. The van der Waals surface area contributed by atoms with Crippen LogP contribution in [0, 0.1) is 19.8 Å². The summed E-state index contributed by atoms with van der Waals surface area (Å²) in [5.41, 5.74) is 3.45. The summed E-state index contributed by atoms with van der Waals surface area (Å²) in [6.07, 6.45) is 4.23. The molecule has 1 aliphatic rings. The smallest absolute Gasteiger partial charge is 0.253 e. The van der Waals surface area contributed by atoms with E-state index in [1.165, 1.54) is 0 Å². The third kappa shape index (κ3) is 4.38. The zero-order chi connectivity index (χ0) is 20.1. The first kappa shape index (κ1) is 20.0. The van der Waals surface area contributed by atoms with E-state index in [0.29, 0.717) is 18.7 Å². The number of hydrogen-bond acceptors (Lipinski definition) is 3. The standard InChI is InChI=1S/C22H29N3O3/c1-15-13-20(16(2)25(15)18-9-6-10-19(14-18)28-3)22(27)24-12-11-23-21(26)17-7-4-5-8-17/h6,9-10,13-14,17H,4-5,7-8,11-12H2,1-3H3,(H,23,26)(H,24,27). The normalized spacial score (nSPS) is 14.1. The van der Waals surface area contributed by atoms with Crippen molar-refractivity contribution in [1.29, 1.82) is 0 Å². The highest BCUT2D eigenvalue weighted by molar-refractivity contribution is 5.96. The van der Waals surface area contributed by atoms with Gasteiger partial charge in [0, 0.05) is 42.1 Å². The molecule has 3 rings (SSSR count). The molecule has 0 bridgehead atoms. The lowest BCUT2D eigenvalue weighted by atomic mass is 10.1. The van der Waals surface area contributed by atoms with Crippen molar-refractivity contribution < 1.29 is 14.3 Å². The van der Waals surface area contributed by atoms with Crippen molar-refractivity contribution in [3.8, 4) is 11.4 Å². The molecule has 0 aliphatic heterocycles. The van der Waals surface area contributed by atoms with E-state index in [1.54, 1.807) is 7.11 Å². The number of hydrogen-bond donors (Lipinski definition) is 2. The van der Waals surface area contributed by atoms with Crippen molar-refractivity contribution in [1.82, 2.24) is 15.2 Å². The molecule has 1 fully saturated rings. The number of nitrogens with one attached hydrogen (secondary N) is 2. The SMILES string of the molecule is COc1cccc(-n2c(C)cc(C(=O)NCCNC(=O)C3CCCC3)c2C)c1. The number of aryl methyl sites for hydroxylation is 1. The fourth-order valence-corrected chi connectivity index (χ4v) is 3.93. The van der Waals surface area contributed by atoms with Gasteiger partial charge >= 0.3 is 0 Å². The van der Waals surface area contributed by atoms with Crippen molar-refractivity contribution >= 4 is 11.8 Å². The van der Waals surface area contributed by atoms with Gasteiger partial charge in [0.25, 0.3) is 5.91 Å². The molecule has 1 aliphatic carbocycles. The van der Waals surface area contributed by atoms with E-state index < -0.39 is 0 Å². The maximum atomic E-state index is 12.6. The summed E-state index contributed by atoms with van der Waals surface area (Å²) < 4.78 is 7.35. The number of amides is 2. The summed E-state index contributed by atoms with van der Waals surface area (Å²) in [5.74, 6) is 0.909. The van der Waals surface area contributed by atoms with Gasteiger partial charge in [-0.2, -0.15) is 0 Å². The van der Waals surface area contributed by atoms with Gasteiger partial charge in [-0.3, -0.25) is 9.59 Å². The first-order valence-electron chi connectivity index (χ1n) is 9.90. The Morgan fingerprint density at radius 3 is 2.54 bits per heavy atom. The van der Waals surface area contributed by atoms with E-state index >= 15 is 0 Å². The Balaban J connectivity index is 1.60. The maximum absolute atomic E-state index is 12.6. The van der Waals surface area contributed by atoms with Gasteiger partial charge in [0.2, 0.25) is 5.91 Å². The van der Waals surface area contributed by atoms with Gasteiger partial charge in [0.15, 0.2) is 0 Å². The summed E-state index contributed by atoms with van der Waals surface area (Å²) in [6.45, 7) is 4.78. The van der Waals surface area contributed by atoms with Crippen molar-refractivity contribution in [2.75, 3.05) is 20.2 Å². The van der Waals surface area contributed by atoms with Crippen LogP contribution in [0.5, 0.6) is 5.75 Å². The molecule has 150 valence electrons. The average Bonchev–Trinajstić information content (AvgIpc) is 3.33. The minimum atomic E-state index is -0.127. The van der Waals surface area contributed by atoms with E-state index in [-0.39, 0.29) is 17.7 Å². The summed E-state index contributed by atoms with van der Waals surface area (Å²) in [4.78, 5) is 24.7. The topological polar surface area (TPSA) is 72.4 Å². The highest BCUT2D eigenvalue weighted by Gasteiger charge is 2.22. The van der Waals surface area contributed by atoms with Crippen LogP contribution in [-0.4, -0.2) is 36.6 Å². The quantitative estimate of drug-likeness (QED) is 0.722. The molecule has 0 saturated heterocycles. The molecule has 1 heterocycles. The molecular weight excluding hydrogens is 354 g/mol. The Morgan fingerprint density at radius 1 is 1.11 bits per heavy atom. The Kier molecular flexibility index (Phi) is 6.39. The molecule has 2 aromatic rings. The molecule has 1 saturated carbocycles. The first-order valence-corrected chi connectivity index (χ1v) is 9.90. The minimum absolute atomic E-state index is 0.114.